The van der Waals surface area contributed by atoms with Crippen LogP contribution in [0.2, 0.25) is 12.1 Å². The third-order valence-corrected chi connectivity index (χ3v) is 6.21. The molecule has 0 rings (SSSR count). The fraction of sp³-hybridized carbons (Fsp3) is 0.727. The minimum Gasteiger partial charge on any atom is -0.463 e. The Labute approximate surface area is 98.8 Å². The van der Waals surface area contributed by atoms with E-state index in [1.165, 1.54) is 6.08 Å². The van der Waals surface area contributed by atoms with Gasteiger partial charge in [0.05, 0.1) is 6.61 Å². The zero-order chi connectivity index (χ0) is 12.4. The quantitative estimate of drug-likeness (QED) is 0.285. The van der Waals surface area contributed by atoms with Crippen molar-refractivity contribution in [1.82, 2.24) is 0 Å². The summed E-state index contributed by atoms with van der Waals surface area (Å²) in [5.74, 6) is -0.291. The molecule has 0 unspecified atom stereocenters. The molecule has 0 saturated heterocycles. The number of rotatable bonds is 8. The molecule has 0 saturated carbocycles. The Kier molecular flexibility index (Phi) is 8.15. The van der Waals surface area contributed by atoms with Gasteiger partial charge in [-0.1, -0.05) is 13.0 Å². The fourth-order valence-electron chi connectivity index (χ4n) is 1.45. The lowest BCUT2D eigenvalue weighted by Crippen LogP contribution is -2.39. The van der Waals surface area contributed by atoms with Gasteiger partial charge in [0.25, 0.3) is 0 Å². The maximum absolute atomic E-state index is 11.0. The second-order valence-corrected chi connectivity index (χ2v) is 7.29. The number of hydrogen-bond acceptors (Lipinski definition) is 4. The van der Waals surface area contributed by atoms with Gasteiger partial charge in [-0.05, 0) is 25.4 Å². The largest absolute Gasteiger partial charge is 0.463 e. The highest BCUT2D eigenvalue weighted by atomic mass is 28.4. The molecule has 0 aliphatic rings. The molecule has 0 aromatic rings. The van der Waals surface area contributed by atoms with E-state index >= 15 is 0 Å². The monoisotopic (exact) mass is 246 g/mol. The van der Waals surface area contributed by atoms with Crippen molar-refractivity contribution in [1.29, 1.82) is 0 Å². The predicted molar refractivity (Wildman–Crippen MR) is 65.5 cm³/mol. The molecule has 4 nitrogen and oxygen atoms in total. The molecule has 0 aliphatic carbocycles. The summed E-state index contributed by atoms with van der Waals surface area (Å²) in [5, 5.41) is 0. The summed E-state index contributed by atoms with van der Waals surface area (Å²) < 4.78 is 15.9. The first-order valence-electron chi connectivity index (χ1n) is 5.54. The average Bonchev–Trinajstić information content (AvgIpc) is 2.31. The Morgan fingerprint density at radius 3 is 2.38 bits per heavy atom. The summed E-state index contributed by atoms with van der Waals surface area (Å²) in [5.41, 5.74) is 0. The molecule has 0 heterocycles. The summed E-state index contributed by atoms with van der Waals surface area (Å²) in [6, 6.07) is 1.75. The van der Waals surface area contributed by atoms with Crippen LogP contribution in [0.5, 0.6) is 0 Å². The Hall–Kier alpha value is -0.653. The third-order valence-electron chi connectivity index (χ3n) is 2.53. The van der Waals surface area contributed by atoms with Crippen molar-refractivity contribution in [2.45, 2.75) is 32.4 Å². The number of carbonyl (C=O) groups is 1. The molecule has 16 heavy (non-hydrogen) atoms. The summed E-state index contributed by atoms with van der Waals surface area (Å²) in [7, 11) is 1.35. The van der Waals surface area contributed by atoms with E-state index in [-0.39, 0.29) is 5.97 Å². The second kappa shape index (κ2) is 8.49. The molecule has 0 amide bonds. The van der Waals surface area contributed by atoms with E-state index in [1.807, 2.05) is 0 Å². The van der Waals surface area contributed by atoms with Gasteiger partial charge in [0.1, 0.15) is 0 Å². The van der Waals surface area contributed by atoms with Crippen LogP contribution in [0.15, 0.2) is 12.2 Å². The molecule has 0 radical (unpaired) electrons. The maximum atomic E-state index is 11.0. The van der Waals surface area contributed by atoms with Crippen molar-refractivity contribution in [2.75, 3.05) is 20.8 Å². The Balaban J connectivity index is 3.83. The summed E-state index contributed by atoms with van der Waals surface area (Å²) in [4.78, 5) is 11.0. The normalized spacial score (nSPS) is 12.0. The van der Waals surface area contributed by atoms with E-state index in [1.54, 1.807) is 27.2 Å². The van der Waals surface area contributed by atoms with Gasteiger partial charge in [0, 0.05) is 20.3 Å². The van der Waals surface area contributed by atoms with Gasteiger partial charge in [0.2, 0.25) is 0 Å². The summed E-state index contributed by atoms with van der Waals surface area (Å²) in [6.45, 7) is 4.27. The van der Waals surface area contributed by atoms with Crippen LogP contribution < -0.4 is 0 Å². The van der Waals surface area contributed by atoms with Gasteiger partial charge in [-0.25, -0.2) is 4.79 Å². The number of allylic oxidation sites excluding steroid dienone is 1. The minimum absolute atomic E-state index is 0.291. The van der Waals surface area contributed by atoms with E-state index in [2.05, 4.69) is 6.92 Å². The topological polar surface area (TPSA) is 44.8 Å². The lowest BCUT2D eigenvalue weighted by molar-refractivity contribution is -0.137. The van der Waals surface area contributed by atoms with Gasteiger partial charge in [-0.2, -0.15) is 0 Å². The van der Waals surface area contributed by atoms with Gasteiger partial charge < -0.3 is 13.6 Å². The molecule has 0 aliphatic heterocycles. The third kappa shape index (κ3) is 5.44. The van der Waals surface area contributed by atoms with E-state index in [9.17, 15) is 4.79 Å². The van der Waals surface area contributed by atoms with Gasteiger partial charge in [-0.3, -0.25) is 0 Å². The van der Waals surface area contributed by atoms with E-state index in [0.717, 1.165) is 18.5 Å². The van der Waals surface area contributed by atoms with Crippen LogP contribution in [0, 0.1) is 0 Å². The summed E-state index contributed by atoms with van der Waals surface area (Å²) >= 11 is 0. The first kappa shape index (κ1) is 15.3. The van der Waals surface area contributed by atoms with Gasteiger partial charge in [0.15, 0.2) is 0 Å². The number of esters is 1. The molecular weight excluding hydrogens is 224 g/mol. The molecule has 0 aromatic carbocycles. The predicted octanol–water partition coefficient (Wildman–Crippen LogP) is 2.25. The lowest BCUT2D eigenvalue weighted by atomic mass is 10.5. The molecule has 0 N–H and O–H groups in total. The van der Waals surface area contributed by atoms with E-state index < -0.39 is 8.56 Å². The highest BCUT2D eigenvalue weighted by Gasteiger charge is 2.32. The molecule has 0 aromatic heterocycles. The SMILES string of the molecule is CC=CC(=O)OCCC[Si](CC)(OC)OC. The minimum atomic E-state index is -2.02. The second-order valence-electron chi connectivity index (χ2n) is 3.44. The van der Waals surface area contributed by atoms with Crippen LogP contribution in [0.3, 0.4) is 0 Å². The van der Waals surface area contributed by atoms with E-state index in [4.69, 9.17) is 13.6 Å². The Bertz CT molecular complexity index is 216. The van der Waals surface area contributed by atoms with Crippen molar-refractivity contribution in [3.05, 3.63) is 12.2 Å². The zero-order valence-electron chi connectivity index (χ0n) is 10.6. The Morgan fingerprint density at radius 2 is 1.94 bits per heavy atom. The lowest BCUT2D eigenvalue weighted by Gasteiger charge is -2.25. The standard InChI is InChI=1S/C11H22O4Si/c1-5-8-11(12)15-9-7-10-16(6-2,13-3)14-4/h5,8H,6-7,9-10H2,1-4H3. The molecule has 0 atom stereocenters. The first-order valence-corrected chi connectivity index (χ1v) is 7.77. The number of hydrogen-bond donors (Lipinski definition) is 0. The van der Waals surface area contributed by atoms with Crippen molar-refractivity contribution < 1.29 is 18.4 Å². The van der Waals surface area contributed by atoms with Crippen molar-refractivity contribution in [3.8, 4) is 0 Å². The smallest absolute Gasteiger partial charge is 0.337 e. The zero-order valence-corrected chi connectivity index (χ0v) is 11.6. The van der Waals surface area contributed by atoms with E-state index in [0.29, 0.717) is 6.61 Å². The van der Waals surface area contributed by atoms with Gasteiger partial charge in [-0.15, -0.1) is 0 Å². The van der Waals surface area contributed by atoms with Crippen LogP contribution in [0.1, 0.15) is 20.3 Å². The van der Waals surface area contributed by atoms with Crippen molar-refractivity contribution in [3.63, 3.8) is 0 Å². The van der Waals surface area contributed by atoms with Crippen molar-refractivity contribution in [2.24, 2.45) is 0 Å². The maximum Gasteiger partial charge on any atom is 0.337 e. The Morgan fingerprint density at radius 1 is 1.31 bits per heavy atom. The molecule has 0 spiro atoms. The average molecular weight is 246 g/mol. The summed E-state index contributed by atoms with van der Waals surface area (Å²) in [6.07, 6.45) is 3.86. The highest BCUT2D eigenvalue weighted by molar-refractivity contribution is 6.67. The number of ether oxygens (including phenoxy) is 1. The fourth-order valence-corrected chi connectivity index (χ4v) is 3.64. The highest BCUT2D eigenvalue weighted by Crippen LogP contribution is 2.18. The molecule has 0 bridgehead atoms. The van der Waals surface area contributed by atoms with Crippen molar-refractivity contribution >= 4 is 14.5 Å². The molecule has 0 fully saturated rings. The first-order chi connectivity index (χ1) is 7.64. The van der Waals surface area contributed by atoms with Crippen LogP contribution >= 0.6 is 0 Å². The van der Waals surface area contributed by atoms with Crippen LogP contribution in [-0.4, -0.2) is 35.4 Å². The van der Waals surface area contributed by atoms with Gasteiger partial charge >= 0.3 is 14.5 Å². The molecule has 5 heteroatoms. The van der Waals surface area contributed by atoms with Crippen LogP contribution in [0.25, 0.3) is 0 Å². The molecule has 94 valence electrons. The molecular formula is C11H22O4Si. The van der Waals surface area contributed by atoms with Crippen LogP contribution in [-0.2, 0) is 18.4 Å². The number of carbonyl (C=O) groups excluding carboxylic acids is 1. The van der Waals surface area contributed by atoms with Crippen LogP contribution in [0.4, 0.5) is 0 Å².